The zero-order valence-corrected chi connectivity index (χ0v) is 8.92. The lowest BCUT2D eigenvalue weighted by molar-refractivity contribution is 0.194. The average Bonchev–Trinajstić information content (AvgIpc) is 2.18. The standard InChI is InChI=1S/C9H14ClN3O/c1-14-5-3-2-4-12-9-7-11-6-8(10)13-9/h6-7H,2-5H2,1H3,(H,12,13). The Morgan fingerprint density at radius 2 is 2.29 bits per heavy atom. The fraction of sp³-hybridized carbons (Fsp3) is 0.556. The van der Waals surface area contributed by atoms with Gasteiger partial charge in [0.1, 0.15) is 11.0 Å². The van der Waals surface area contributed by atoms with Crippen molar-refractivity contribution in [1.82, 2.24) is 9.97 Å². The number of aromatic nitrogens is 2. The summed E-state index contributed by atoms with van der Waals surface area (Å²) in [4.78, 5) is 7.97. The second-order valence-electron chi connectivity index (χ2n) is 2.85. The van der Waals surface area contributed by atoms with Crippen LogP contribution in [0.15, 0.2) is 12.4 Å². The number of methoxy groups -OCH3 is 1. The molecule has 0 saturated heterocycles. The van der Waals surface area contributed by atoms with Crippen molar-refractivity contribution >= 4 is 17.4 Å². The summed E-state index contributed by atoms with van der Waals surface area (Å²) < 4.78 is 4.94. The summed E-state index contributed by atoms with van der Waals surface area (Å²) in [6, 6.07) is 0. The number of hydrogen-bond donors (Lipinski definition) is 1. The van der Waals surface area contributed by atoms with Gasteiger partial charge in [0.15, 0.2) is 0 Å². The van der Waals surface area contributed by atoms with Crippen LogP contribution in [0, 0.1) is 0 Å². The largest absolute Gasteiger partial charge is 0.385 e. The Morgan fingerprint density at radius 1 is 1.43 bits per heavy atom. The molecule has 0 fully saturated rings. The van der Waals surface area contributed by atoms with E-state index in [-0.39, 0.29) is 0 Å². The Morgan fingerprint density at radius 3 is 3.00 bits per heavy atom. The molecule has 0 aliphatic carbocycles. The van der Waals surface area contributed by atoms with E-state index in [1.807, 2.05) is 0 Å². The van der Waals surface area contributed by atoms with Gasteiger partial charge in [-0.2, -0.15) is 0 Å². The van der Waals surface area contributed by atoms with Gasteiger partial charge in [-0.05, 0) is 12.8 Å². The predicted molar refractivity (Wildman–Crippen MR) is 56.6 cm³/mol. The monoisotopic (exact) mass is 215 g/mol. The second kappa shape index (κ2) is 6.56. The summed E-state index contributed by atoms with van der Waals surface area (Å²) in [5.74, 6) is 0.718. The predicted octanol–water partition coefficient (Wildman–Crippen LogP) is 1.97. The summed E-state index contributed by atoms with van der Waals surface area (Å²) in [6.07, 6.45) is 5.25. The van der Waals surface area contributed by atoms with Crippen LogP contribution >= 0.6 is 11.6 Å². The molecule has 0 amide bonds. The van der Waals surface area contributed by atoms with Crippen molar-refractivity contribution in [2.45, 2.75) is 12.8 Å². The van der Waals surface area contributed by atoms with Gasteiger partial charge in [0.2, 0.25) is 0 Å². The molecular weight excluding hydrogens is 202 g/mol. The molecule has 1 rings (SSSR count). The highest BCUT2D eigenvalue weighted by molar-refractivity contribution is 6.29. The molecule has 0 atom stereocenters. The maximum atomic E-state index is 5.67. The molecule has 0 spiro atoms. The minimum Gasteiger partial charge on any atom is -0.385 e. The summed E-state index contributed by atoms with van der Waals surface area (Å²) in [6.45, 7) is 1.65. The van der Waals surface area contributed by atoms with Crippen molar-refractivity contribution in [1.29, 1.82) is 0 Å². The fourth-order valence-corrected chi connectivity index (χ4v) is 1.16. The number of halogens is 1. The smallest absolute Gasteiger partial charge is 0.149 e. The van der Waals surface area contributed by atoms with E-state index in [0.717, 1.165) is 31.8 Å². The highest BCUT2D eigenvalue weighted by Gasteiger charge is 1.94. The lowest BCUT2D eigenvalue weighted by atomic mass is 10.3. The van der Waals surface area contributed by atoms with E-state index in [9.17, 15) is 0 Å². The SMILES string of the molecule is COCCCCNc1cncc(Cl)n1. The van der Waals surface area contributed by atoms with E-state index in [0.29, 0.717) is 5.15 Å². The van der Waals surface area contributed by atoms with Crippen molar-refractivity contribution in [3.8, 4) is 0 Å². The average molecular weight is 216 g/mol. The minimum absolute atomic E-state index is 0.409. The first-order valence-electron chi connectivity index (χ1n) is 4.53. The third kappa shape index (κ3) is 4.39. The quantitative estimate of drug-likeness (QED) is 0.738. The summed E-state index contributed by atoms with van der Waals surface area (Å²) in [7, 11) is 1.70. The Kier molecular flexibility index (Phi) is 5.25. The maximum Gasteiger partial charge on any atom is 0.149 e. The third-order valence-electron chi connectivity index (χ3n) is 1.69. The normalized spacial score (nSPS) is 10.1. The van der Waals surface area contributed by atoms with Crippen LogP contribution in [0.2, 0.25) is 5.15 Å². The first-order chi connectivity index (χ1) is 6.83. The van der Waals surface area contributed by atoms with Crippen molar-refractivity contribution < 1.29 is 4.74 Å². The number of anilines is 1. The van der Waals surface area contributed by atoms with Crippen molar-refractivity contribution in [2.24, 2.45) is 0 Å². The first-order valence-corrected chi connectivity index (χ1v) is 4.91. The Hall–Kier alpha value is -0.870. The zero-order valence-electron chi connectivity index (χ0n) is 8.16. The molecule has 0 bridgehead atoms. The molecule has 0 aliphatic heterocycles. The lowest BCUT2D eigenvalue weighted by Gasteiger charge is -2.04. The third-order valence-corrected chi connectivity index (χ3v) is 1.87. The topological polar surface area (TPSA) is 47.0 Å². The number of nitrogens with zero attached hydrogens (tertiary/aromatic N) is 2. The van der Waals surface area contributed by atoms with Crippen molar-refractivity contribution in [3.05, 3.63) is 17.5 Å². The molecule has 0 aromatic carbocycles. The van der Waals surface area contributed by atoms with Crippen LogP contribution in [-0.4, -0.2) is 30.2 Å². The molecule has 0 saturated carbocycles. The number of unbranched alkanes of at least 4 members (excludes halogenated alkanes) is 1. The molecule has 1 aromatic rings. The number of nitrogens with one attached hydrogen (secondary N) is 1. The Balaban J connectivity index is 2.18. The van der Waals surface area contributed by atoms with E-state index in [2.05, 4.69) is 15.3 Å². The van der Waals surface area contributed by atoms with Gasteiger partial charge in [-0.25, -0.2) is 4.98 Å². The molecule has 78 valence electrons. The van der Waals surface area contributed by atoms with Crippen LogP contribution in [0.3, 0.4) is 0 Å². The van der Waals surface area contributed by atoms with E-state index in [4.69, 9.17) is 16.3 Å². The van der Waals surface area contributed by atoms with Gasteiger partial charge in [0, 0.05) is 20.3 Å². The first kappa shape index (κ1) is 11.2. The van der Waals surface area contributed by atoms with Gasteiger partial charge in [0.05, 0.1) is 12.4 Å². The van der Waals surface area contributed by atoms with E-state index in [1.54, 1.807) is 13.3 Å². The van der Waals surface area contributed by atoms with E-state index >= 15 is 0 Å². The van der Waals surface area contributed by atoms with E-state index < -0.39 is 0 Å². The fourth-order valence-electron chi connectivity index (χ4n) is 1.02. The molecule has 1 N–H and O–H groups in total. The number of rotatable bonds is 6. The second-order valence-corrected chi connectivity index (χ2v) is 3.24. The molecule has 1 aromatic heterocycles. The van der Waals surface area contributed by atoms with Crippen LogP contribution in [0.1, 0.15) is 12.8 Å². The van der Waals surface area contributed by atoms with Crippen molar-refractivity contribution in [3.63, 3.8) is 0 Å². The Bertz CT molecular complexity index is 270. The lowest BCUT2D eigenvalue weighted by Crippen LogP contribution is -2.04. The zero-order chi connectivity index (χ0) is 10.2. The molecule has 4 nitrogen and oxygen atoms in total. The van der Waals surface area contributed by atoms with Gasteiger partial charge >= 0.3 is 0 Å². The van der Waals surface area contributed by atoms with Gasteiger partial charge in [-0.15, -0.1) is 0 Å². The molecule has 0 radical (unpaired) electrons. The van der Waals surface area contributed by atoms with E-state index in [1.165, 1.54) is 6.20 Å². The maximum absolute atomic E-state index is 5.67. The van der Waals surface area contributed by atoms with Gasteiger partial charge in [-0.1, -0.05) is 11.6 Å². The molecule has 14 heavy (non-hydrogen) atoms. The van der Waals surface area contributed by atoms with Gasteiger partial charge in [0.25, 0.3) is 0 Å². The van der Waals surface area contributed by atoms with Crippen LogP contribution in [0.4, 0.5) is 5.82 Å². The van der Waals surface area contributed by atoms with Crippen LogP contribution in [0.5, 0.6) is 0 Å². The summed E-state index contributed by atoms with van der Waals surface area (Å²) in [5.41, 5.74) is 0. The molecule has 0 aliphatic rings. The Labute approximate surface area is 88.7 Å². The van der Waals surface area contributed by atoms with Gasteiger partial charge in [-0.3, -0.25) is 4.98 Å². The van der Waals surface area contributed by atoms with Crippen molar-refractivity contribution in [2.75, 3.05) is 25.6 Å². The number of hydrogen-bond acceptors (Lipinski definition) is 4. The molecule has 5 heteroatoms. The minimum atomic E-state index is 0.409. The highest BCUT2D eigenvalue weighted by atomic mass is 35.5. The highest BCUT2D eigenvalue weighted by Crippen LogP contribution is 2.06. The summed E-state index contributed by atoms with van der Waals surface area (Å²) >= 11 is 5.67. The number of ether oxygens (including phenoxy) is 1. The molecular formula is C9H14ClN3O. The summed E-state index contributed by atoms with van der Waals surface area (Å²) in [5, 5.41) is 3.54. The van der Waals surface area contributed by atoms with Crippen LogP contribution in [-0.2, 0) is 4.74 Å². The van der Waals surface area contributed by atoms with Gasteiger partial charge < -0.3 is 10.1 Å². The van der Waals surface area contributed by atoms with Crippen LogP contribution < -0.4 is 5.32 Å². The van der Waals surface area contributed by atoms with Crippen LogP contribution in [0.25, 0.3) is 0 Å². The molecule has 1 heterocycles. The molecule has 0 unspecified atom stereocenters.